The lowest BCUT2D eigenvalue weighted by atomic mass is 10.3. The highest BCUT2D eigenvalue weighted by Gasteiger charge is 2.07. The Morgan fingerprint density at radius 2 is 2.10 bits per heavy atom. The molecule has 0 spiro atoms. The second-order valence-electron chi connectivity index (χ2n) is 3.91. The lowest BCUT2D eigenvalue weighted by molar-refractivity contribution is 0.595. The summed E-state index contributed by atoms with van der Waals surface area (Å²) in [5.41, 5.74) is 0.895. The number of hydrogen-bond acceptors (Lipinski definition) is 4. The van der Waals surface area contributed by atoms with Crippen LogP contribution in [0.25, 0.3) is 0 Å². The first-order valence-corrected chi connectivity index (χ1v) is 7.94. The van der Waals surface area contributed by atoms with Crippen molar-refractivity contribution in [2.24, 2.45) is 4.99 Å². The Labute approximate surface area is 137 Å². The van der Waals surface area contributed by atoms with E-state index in [1.807, 2.05) is 18.2 Å². The number of aliphatic imine (C=N–C) groups is 1. The minimum atomic E-state index is -2.95. The lowest BCUT2D eigenvalue weighted by Crippen LogP contribution is -2.39. The maximum atomic E-state index is 11.3. The standard InChI is InChI=1S/C12H20N4O2S.HI/c1-3-19(17,18)9-8-15-12(13-2)16-10-11-6-4-5-7-14-11;/h4-7H,3,8-10H2,1-2H3,(H2,13,15,16);1H. The Balaban J connectivity index is 0.00000361. The molecule has 1 aromatic rings. The predicted molar refractivity (Wildman–Crippen MR) is 92.2 cm³/mol. The molecule has 0 aliphatic rings. The summed E-state index contributed by atoms with van der Waals surface area (Å²) in [6, 6.07) is 5.67. The highest BCUT2D eigenvalue weighted by Crippen LogP contribution is 1.92. The van der Waals surface area contributed by atoms with E-state index < -0.39 is 9.84 Å². The molecule has 0 bridgehead atoms. The SMILES string of the molecule is CCS(=O)(=O)CCNC(=NC)NCc1ccccn1.I. The second-order valence-corrected chi connectivity index (χ2v) is 6.38. The molecule has 0 aliphatic heterocycles. The molecule has 0 atom stereocenters. The van der Waals surface area contributed by atoms with E-state index in [1.54, 1.807) is 20.2 Å². The summed E-state index contributed by atoms with van der Waals surface area (Å²) in [7, 11) is -1.31. The minimum absolute atomic E-state index is 0. The van der Waals surface area contributed by atoms with Crippen molar-refractivity contribution in [2.45, 2.75) is 13.5 Å². The van der Waals surface area contributed by atoms with Crippen molar-refractivity contribution in [3.63, 3.8) is 0 Å². The summed E-state index contributed by atoms with van der Waals surface area (Å²) < 4.78 is 22.7. The molecule has 8 heteroatoms. The van der Waals surface area contributed by atoms with E-state index in [0.29, 0.717) is 19.0 Å². The molecule has 0 aliphatic carbocycles. The summed E-state index contributed by atoms with van der Waals surface area (Å²) in [4.78, 5) is 8.20. The Morgan fingerprint density at radius 3 is 2.65 bits per heavy atom. The molecule has 20 heavy (non-hydrogen) atoms. The summed E-state index contributed by atoms with van der Waals surface area (Å²) in [6.07, 6.45) is 1.72. The quantitative estimate of drug-likeness (QED) is 0.410. The van der Waals surface area contributed by atoms with Crippen molar-refractivity contribution < 1.29 is 8.42 Å². The van der Waals surface area contributed by atoms with Gasteiger partial charge in [0.2, 0.25) is 0 Å². The van der Waals surface area contributed by atoms with Gasteiger partial charge in [0.15, 0.2) is 15.8 Å². The monoisotopic (exact) mass is 412 g/mol. The summed E-state index contributed by atoms with van der Waals surface area (Å²) in [5.74, 6) is 0.833. The fraction of sp³-hybridized carbons (Fsp3) is 0.500. The van der Waals surface area contributed by atoms with Gasteiger partial charge in [-0.15, -0.1) is 24.0 Å². The van der Waals surface area contributed by atoms with Gasteiger partial charge in [-0.05, 0) is 12.1 Å². The van der Waals surface area contributed by atoms with Crippen LogP contribution >= 0.6 is 24.0 Å². The smallest absolute Gasteiger partial charge is 0.191 e. The van der Waals surface area contributed by atoms with Crippen LogP contribution in [0.5, 0.6) is 0 Å². The first-order chi connectivity index (χ1) is 9.07. The van der Waals surface area contributed by atoms with Crippen molar-refractivity contribution in [1.82, 2.24) is 15.6 Å². The fourth-order valence-electron chi connectivity index (χ4n) is 1.37. The van der Waals surface area contributed by atoms with Gasteiger partial charge < -0.3 is 10.6 Å². The third-order valence-corrected chi connectivity index (χ3v) is 4.24. The third kappa shape index (κ3) is 7.63. The largest absolute Gasteiger partial charge is 0.355 e. The van der Waals surface area contributed by atoms with Gasteiger partial charge in [0, 0.05) is 25.5 Å². The Kier molecular flexibility index (Phi) is 9.47. The molecule has 0 radical (unpaired) electrons. The van der Waals surface area contributed by atoms with E-state index in [4.69, 9.17) is 0 Å². The summed E-state index contributed by atoms with van der Waals surface area (Å²) in [5, 5.41) is 6.03. The zero-order valence-corrected chi connectivity index (χ0v) is 14.8. The lowest BCUT2D eigenvalue weighted by Gasteiger charge is -2.11. The molecule has 0 saturated heterocycles. The van der Waals surface area contributed by atoms with Gasteiger partial charge in [0.1, 0.15) is 0 Å². The molecule has 0 fully saturated rings. The van der Waals surface area contributed by atoms with E-state index in [-0.39, 0.29) is 35.5 Å². The van der Waals surface area contributed by atoms with Crippen LogP contribution in [-0.2, 0) is 16.4 Å². The number of rotatable bonds is 6. The van der Waals surface area contributed by atoms with Crippen LogP contribution in [0.15, 0.2) is 29.4 Å². The Morgan fingerprint density at radius 1 is 1.35 bits per heavy atom. The van der Waals surface area contributed by atoms with Crippen LogP contribution in [0.4, 0.5) is 0 Å². The number of sulfone groups is 1. The number of halogens is 1. The molecule has 1 rings (SSSR count). The Hall–Kier alpha value is -0.900. The van der Waals surface area contributed by atoms with E-state index >= 15 is 0 Å². The first-order valence-electron chi connectivity index (χ1n) is 6.12. The molecule has 2 N–H and O–H groups in total. The predicted octanol–water partition coefficient (Wildman–Crippen LogP) is 0.799. The number of aromatic nitrogens is 1. The van der Waals surface area contributed by atoms with Gasteiger partial charge in [-0.1, -0.05) is 13.0 Å². The number of pyridine rings is 1. The topological polar surface area (TPSA) is 83.5 Å². The van der Waals surface area contributed by atoms with E-state index in [1.165, 1.54) is 0 Å². The maximum Gasteiger partial charge on any atom is 0.191 e. The fourth-order valence-corrected chi connectivity index (χ4v) is 2.07. The van der Waals surface area contributed by atoms with Crippen molar-refractivity contribution in [2.75, 3.05) is 25.1 Å². The van der Waals surface area contributed by atoms with E-state index in [0.717, 1.165) is 5.69 Å². The van der Waals surface area contributed by atoms with Crippen molar-refractivity contribution in [3.05, 3.63) is 30.1 Å². The molecular weight excluding hydrogens is 391 g/mol. The summed E-state index contributed by atoms with van der Waals surface area (Å²) in [6.45, 7) is 2.53. The van der Waals surface area contributed by atoms with Gasteiger partial charge >= 0.3 is 0 Å². The van der Waals surface area contributed by atoms with Gasteiger partial charge in [0.25, 0.3) is 0 Å². The van der Waals surface area contributed by atoms with Gasteiger partial charge in [-0.2, -0.15) is 0 Å². The number of nitrogens with one attached hydrogen (secondary N) is 2. The molecule has 6 nitrogen and oxygen atoms in total. The van der Waals surface area contributed by atoms with Crippen LogP contribution < -0.4 is 10.6 Å². The number of nitrogens with zero attached hydrogens (tertiary/aromatic N) is 2. The van der Waals surface area contributed by atoms with Crippen molar-refractivity contribution in [1.29, 1.82) is 0 Å². The summed E-state index contributed by atoms with van der Waals surface area (Å²) >= 11 is 0. The van der Waals surface area contributed by atoms with Gasteiger partial charge in [-0.25, -0.2) is 8.42 Å². The molecule has 0 amide bonds. The average molecular weight is 412 g/mol. The Bertz CT molecular complexity index is 505. The van der Waals surface area contributed by atoms with Crippen LogP contribution in [0, 0.1) is 0 Å². The normalized spacial score (nSPS) is 11.6. The minimum Gasteiger partial charge on any atom is -0.355 e. The van der Waals surface area contributed by atoms with Gasteiger partial charge in [0.05, 0.1) is 18.0 Å². The number of guanidine groups is 1. The van der Waals surface area contributed by atoms with Crippen LogP contribution in [0.1, 0.15) is 12.6 Å². The zero-order chi connectivity index (χ0) is 14.1. The molecule has 0 saturated carbocycles. The first kappa shape index (κ1) is 19.1. The molecular formula is C12H21IN4O2S. The van der Waals surface area contributed by atoms with Crippen LogP contribution in [0.2, 0.25) is 0 Å². The zero-order valence-electron chi connectivity index (χ0n) is 11.7. The highest BCUT2D eigenvalue weighted by molar-refractivity contribution is 14.0. The van der Waals surface area contributed by atoms with Crippen LogP contribution in [-0.4, -0.2) is 44.5 Å². The van der Waals surface area contributed by atoms with Crippen molar-refractivity contribution in [3.8, 4) is 0 Å². The molecule has 0 unspecified atom stereocenters. The molecule has 114 valence electrons. The molecule has 0 aromatic carbocycles. The second kappa shape index (κ2) is 9.92. The van der Waals surface area contributed by atoms with E-state index in [9.17, 15) is 8.42 Å². The highest BCUT2D eigenvalue weighted by atomic mass is 127. The maximum absolute atomic E-state index is 11.3. The molecule has 1 aromatic heterocycles. The van der Waals surface area contributed by atoms with E-state index in [2.05, 4.69) is 20.6 Å². The number of hydrogen-bond donors (Lipinski definition) is 2. The van der Waals surface area contributed by atoms with Crippen LogP contribution in [0.3, 0.4) is 0 Å². The molecule has 1 heterocycles. The third-order valence-electron chi connectivity index (χ3n) is 2.53. The van der Waals surface area contributed by atoms with Gasteiger partial charge in [-0.3, -0.25) is 9.98 Å². The average Bonchev–Trinajstić information content (AvgIpc) is 2.43. The van der Waals surface area contributed by atoms with Crippen molar-refractivity contribution >= 4 is 39.8 Å².